The van der Waals surface area contributed by atoms with Crippen LogP contribution in [0.2, 0.25) is 0 Å². The number of rotatable bonds is 6. The molecule has 0 bridgehead atoms. The average Bonchev–Trinajstić information content (AvgIpc) is 2.56. The number of halogens is 12. The Morgan fingerprint density at radius 1 is 0.633 bits per heavy atom. The van der Waals surface area contributed by atoms with Crippen molar-refractivity contribution in [3.05, 3.63) is 34.4 Å². The summed E-state index contributed by atoms with van der Waals surface area (Å²) < 4.78 is 160. The van der Waals surface area contributed by atoms with Gasteiger partial charge in [0, 0.05) is 11.1 Å². The van der Waals surface area contributed by atoms with E-state index in [9.17, 15) is 62.3 Å². The number of carboxylic acids is 2. The molecule has 170 valence electrons. The van der Waals surface area contributed by atoms with E-state index in [2.05, 4.69) is 0 Å². The molecule has 0 heterocycles. The monoisotopic (exact) mass is 466 g/mol. The van der Waals surface area contributed by atoms with E-state index in [-0.39, 0.29) is 12.1 Å². The molecule has 30 heavy (non-hydrogen) atoms. The summed E-state index contributed by atoms with van der Waals surface area (Å²) in [7, 11) is 0. The predicted octanol–water partition coefficient (Wildman–Crippen LogP) is 5.07. The van der Waals surface area contributed by atoms with Crippen LogP contribution in [0, 0.1) is 0 Å². The van der Waals surface area contributed by atoms with Gasteiger partial charge in [0.25, 0.3) is 24.2 Å². The van der Waals surface area contributed by atoms with Gasteiger partial charge in [-0.15, -0.1) is 0 Å². The molecular weight excluding hydrogens is 460 g/mol. The largest absolute Gasteiger partial charge is 0.478 e. The van der Waals surface area contributed by atoms with Crippen molar-refractivity contribution in [2.24, 2.45) is 0 Å². The SMILES string of the molecule is O=C(O)c1ccc(C(=O)O)c(C(F)(C(F)F)C(F)(F)F)c1C(F)(C(F)F)C(F)(F)F. The molecule has 0 saturated carbocycles. The normalized spacial score (nSPS) is 17.0. The number of benzene rings is 1. The summed E-state index contributed by atoms with van der Waals surface area (Å²) in [5, 5.41) is 17.6. The number of alkyl halides is 12. The number of hydrogen-bond donors (Lipinski definition) is 2. The molecule has 0 aliphatic rings. The lowest BCUT2D eigenvalue weighted by Gasteiger charge is -2.36. The van der Waals surface area contributed by atoms with Crippen molar-refractivity contribution in [1.29, 1.82) is 0 Å². The number of hydrogen-bond acceptors (Lipinski definition) is 2. The van der Waals surface area contributed by atoms with Gasteiger partial charge in [-0.3, -0.25) is 0 Å². The highest BCUT2D eigenvalue weighted by atomic mass is 19.4. The first kappa shape index (κ1) is 25.4. The molecule has 0 fully saturated rings. The summed E-state index contributed by atoms with van der Waals surface area (Å²) >= 11 is 0. The van der Waals surface area contributed by atoms with Gasteiger partial charge < -0.3 is 10.2 Å². The highest BCUT2D eigenvalue weighted by Crippen LogP contribution is 2.56. The standard InChI is InChI=1S/C14H6F12O4/c15-9(16)11(19,13(21,22)23)5-3(7(27)28)1-2-4(8(29)30)6(5)12(20,10(17)18)14(24,25)26/h1-2,9-10H,(H,27,28)(H,29,30). The molecule has 0 radical (unpaired) electrons. The second-order valence-electron chi connectivity index (χ2n) is 5.54. The van der Waals surface area contributed by atoms with Crippen LogP contribution in [0.15, 0.2) is 12.1 Å². The fourth-order valence-corrected chi connectivity index (χ4v) is 2.46. The first-order valence-electron chi connectivity index (χ1n) is 6.98. The van der Waals surface area contributed by atoms with Crippen LogP contribution in [0.4, 0.5) is 52.7 Å². The van der Waals surface area contributed by atoms with Crippen molar-refractivity contribution in [1.82, 2.24) is 0 Å². The van der Waals surface area contributed by atoms with Gasteiger partial charge in [0.1, 0.15) is 0 Å². The van der Waals surface area contributed by atoms with Crippen LogP contribution in [0.25, 0.3) is 0 Å². The Hall–Kier alpha value is -2.68. The zero-order valence-electron chi connectivity index (χ0n) is 13.6. The highest BCUT2D eigenvalue weighted by molar-refractivity contribution is 5.96. The van der Waals surface area contributed by atoms with E-state index in [0.717, 1.165) is 0 Å². The summed E-state index contributed by atoms with van der Waals surface area (Å²) in [6, 6.07) is -0.731. The Morgan fingerprint density at radius 3 is 1.00 bits per heavy atom. The van der Waals surface area contributed by atoms with E-state index in [4.69, 9.17) is 10.2 Å². The minimum atomic E-state index is -6.99. The molecule has 1 aromatic carbocycles. The maximum Gasteiger partial charge on any atom is 0.432 e. The Kier molecular flexibility index (Phi) is 6.37. The van der Waals surface area contributed by atoms with E-state index >= 15 is 0 Å². The molecule has 0 aliphatic carbocycles. The lowest BCUT2D eigenvalue weighted by atomic mass is 9.77. The third-order valence-electron chi connectivity index (χ3n) is 3.82. The Morgan fingerprint density at radius 2 is 0.867 bits per heavy atom. The van der Waals surface area contributed by atoms with Gasteiger partial charge in [-0.2, -0.15) is 26.3 Å². The van der Waals surface area contributed by atoms with Gasteiger partial charge in [-0.05, 0) is 12.1 Å². The van der Waals surface area contributed by atoms with Crippen LogP contribution < -0.4 is 0 Å². The molecule has 1 aromatic rings. The number of aromatic carboxylic acids is 2. The molecule has 0 spiro atoms. The van der Waals surface area contributed by atoms with Crippen molar-refractivity contribution in [3.63, 3.8) is 0 Å². The third-order valence-corrected chi connectivity index (χ3v) is 3.82. The van der Waals surface area contributed by atoms with Crippen molar-refractivity contribution in [3.8, 4) is 0 Å². The second kappa shape index (κ2) is 7.54. The van der Waals surface area contributed by atoms with Crippen molar-refractivity contribution < 1.29 is 72.5 Å². The summed E-state index contributed by atoms with van der Waals surface area (Å²) in [6.45, 7) is 0. The smallest absolute Gasteiger partial charge is 0.432 e. The van der Waals surface area contributed by atoms with E-state index in [1.807, 2.05) is 0 Å². The lowest BCUT2D eigenvalue weighted by molar-refractivity contribution is -0.285. The summed E-state index contributed by atoms with van der Waals surface area (Å²) in [6.07, 6.45) is -24.9. The van der Waals surface area contributed by atoms with Gasteiger partial charge in [0.2, 0.25) is 0 Å². The minimum absolute atomic E-state index is 0.366. The fourth-order valence-electron chi connectivity index (χ4n) is 2.46. The van der Waals surface area contributed by atoms with Gasteiger partial charge >= 0.3 is 24.3 Å². The highest BCUT2D eigenvalue weighted by Gasteiger charge is 2.72. The van der Waals surface area contributed by atoms with Gasteiger partial charge in [0.05, 0.1) is 11.1 Å². The van der Waals surface area contributed by atoms with Crippen LogP contribution in [0.3, 0.4) is 0 Å². The van der Waals surface area contributed by atoms with Crippen LogP contribution in [-0.2, 0) is 11.3 Å². The average molecular weight is 466 g/mol. The first-order chi connectivity index (χ1) is 13.3. The molecule has 1 rings (SSSR count). The van der Waals surface area contributed by atoms with E-state index in [0.29, 0.717) is 0 Å². The van der Waals surface area contributed by atoms with Crippen molar-refractivity contribution >= 4 is 11.9 Å². The minimum Gasteiger partial charge on any atom is -0.478 e. The third kappa shape index (κ3) is 3.62. The summed E-state index contributed by atoms with van der Waals surface area (Å²) in [5.41, 5.74) is -24.7. The molecule has 0 aromatic heterocycles. The van der Waals surface area contributed by atoms with Gasteiger partial charge in [0.15, 0.2) is 0 Å². The predicted molar refractivity (Wildman–Crippen MR) is 70.1 cm³/mol. The van der Waals surface area contributed by atoms with Crippen LogP contribution in [0.5, 0.6) is 0 Å². The maximum absolute atomic E-state index is 14.6. The van der Waals surface area contributed by atoms with E-state index in [1.54, 1.807) is 0 Å². The van der Waals surface area contributed by atoms with Crippen LogP contribution in [-0.4, -0.2) is 47.4 Å². The fraction of sp³-hybridized carbons (Fsp3) is 0.429. The topological polar surface area (TPSA) is 74.6 Å². The molecule has 0 saturated heterocycles. The molecule has 4 nitrogen and oxygen atoms in total. The molecule has 2 unspecified atom stereocenters. The molecule has 16 heteroatoms. The zero-order chi connectivity index (χ0) is 24.0. The summed E-state index contributed by atoms with van der Waals surface area (Å²) in [5.74, 6) is -5.73. The Balaban J connectivity index is 4.53. The number of carbonyl (C=O) groups is 2. The molecule has 2 atom stereocenters. The second-order valence-corrected chi connectivity index (χ2v) is 5.54. The Labute approximate surface area is 156 Å². The quantitative estimate of drug-likeness (QED) is 0.575. The molecule has 0 aliphatic heterocycles. The van der Waals surface area contributed by atoms with Gasteiger partial charge in [-0.1, -0.05) is 0 Å². The van der Waals surface area contributed by atoms with Crippen molar-refractivity contribution in [2.75, 3.05) is 0 Å². The van der Waals surface area contributed by atoms with Crippen LogP contribution >= 0.6 is 0 Å². The van der Waals surface area contributed by atoms with E-state index in [1.165, 1.54) is 0 Å². The molecule has 0 amide bonds. The van der Waals surface area contributed by atoms with Crippen LogP contribution in [0.1, 0.15) is 31.8 Å². The van der Waals surface area contributed by atoms with Gasteiger partial charge in [-0.25, -0.2) is 35.9 Å². The zero-order valence-corrected chi connectivity index (χ0v) is 13.6. The van der Waals surface area contributed by atoms with E-state index < -0.39 is 70.7 Å². The molecular formula is C14H6F12O4. The number of carboxylic acid groups (broad SMARTS) is 2. The summed E-state index contributed by atoms with van der Waals surface area (Å²) in [4.78, 5) is 22.2. The molecule has 2 N–H and O–H groups in total. The van der Waals surface area contributed by atoms with Crippen molar-refractivity contribution in [2.45, 2.75) is 36.5 Å². The Bertz CT molecular complexity index is 778. The lowest BCUT2D eigenvalue weighted by Crippen LogP contribution is -2.52. The maximum atomic E-state index is 14.6. The first-order valence-corrected chi connectivity index (χ1v) is 6.98.